The Balaban J connectivity index is 0.00000132. The summed E-state index contributed by atoms with van der Waals surface area (Å²) in [5, 5.41) is 6.42. The topological polar surface area (TPSA) is 66.9 Å². The van der Waals surface area contributed by atoms with Crippen LogP contribution < -0.4 is 10.6 Å². The molecule has 2 unspecified atom stereocenters. The maximum absolute atomic E-state index is 12.3. The summed E-state index contributed by atoms with van der Waals surface area (Å²) in [6.07, 6.45) is 3.86. The minimum absolute atomic E-state index is 0. The summed E-state index contributed by atoms with van der Waals surface area (Å²) in [5.41, 5.74) is 1.93. The van der Waals surface area contributed by atoms with Crippen LogP contribution in [-0.4, -0.2) is 35.0 Å². The molecule has 0 bridgehead atoms. The quantitative estimate of drug-likeness (QED) is 0.886. The number of piperidine rings is 1. The Bertz CT molecular complexity index is 647. The number of nitrogens with one attached hydrogen (secondary N) is 2. The summed E-state index contributed by atoms with van der Waals surface area (Å²) in [6, 6.07) is 7.70. The van der Waals surface area contributed by atoms with E-state index in [-0.39, 0.29) is 36.8 Å². The summed E-state index contributed by atoms with van der Waals surface area (Å²) < 4.78 is 0. The first-order valence-corrected chi connectivity index (χ1v) is 7.47. The van der Waals surface area contributed by atoms with Crippen molar-refractivity contribution in [3.63, 3.8) is 0 Å². The smallest absolute Gasteiger partial charge is 0.271 e. The monoisotopic (exact) mass is 356 g/mol. The van der Waals surface area contributed by atoms with E-state index in [2.05, 4.69) is 27.5 Å². The molecule has 0 saturated carbocycles. The van der Waals surface area contributed by atoms with E-state index in [0.29, 0.717) is 11.6 Å². The van der Waals surface area contributed by atoms with Crippen LogP contribution in [0.2, 0.25) is 0 Å². The molecule has 1 amide bonds. The van der Waals surface area contributed by atoms with Crippen LogP contribution in [0.5, 0.6) is 0 Å². The number of aromatic nitrogens is 2. The van der Waals surface area contributed by atoms with E-state index >= 15 is 0 Å². The zero-order valence-corrected chi connectivity index (χ0v) is 14.6. The van der Waals surface area contributed by atoms with Crippen molar-refractivity contribution >= 4 is 41.8 Å². The average Bonchev–Trinajstić information content (AvgIpc) is 2.55. The fourth-order valence-electron chi connectivity index (χ4n) is 2.77. The number of carbonyl (C=O) groups excluding carboxylic acids is 1. The van der Waals surface area contributed by atoms with Crippen LogP contribution >= 0.6 is 24.8 Å². The van der Waals surface area contributed by atoms with Gasteiger partial charge in [0.25, 0.3) is 5.91 Å². The lowest BCUT2D eigenvalue weighted by Gasteiger charge is -2.28. The number of carbonyl (C=O) groups is 1. The van der Waals surface area contributed by atoms with Crippen LogP contribution in [0.15, 0.2) is 30.5 Å². The Labute approximate surface area is 148 Å². The number of benzene rings is 1. The van der Waals surface area contributed by atoms with Gasteiger partial charge in [-0.25, -0.2) is 4.98 Å². The highest BCUT2D eigenvalue weighted by molar-refractivity contribution is 5.93. The predicted octanol–water partition coefficient (Wildman–Crippen LogP) is 2.59. The molecule has 0 spiro atoms. The standard InChI is InChI=1S/C16H20N4O.2ClH/c1-11(12-5-4-8-17-9-12)19-16(21)15-10-18-13-6-2-3-7-14(13)20-15;;/h2-3,6-7,10-12,17H,4-5,8-9H2,1H3,(H,19,21);2*1H. The lowest BCUT2D eigenvalue weighted by molar-refractivity contribution is 0.0917. The Morgan fingerprint density at radius 2 is 2.04 bits per heavy atom. The van der Waals surface area contributed by atoms with Gasteiger partial charge < -0.3 is 10.6 Å². The highest BCUT2D eigenvalue weighted by atomic mass is 35.5. The van der Waals surface area contributed by atoms with Crippen LogP contribution in [0.25, 0.3) is 11.0 Å². The van der Waals surface area contributed by atoms with E-state index in [1.165, 1.54) is 6.42 Å². The van der Waals surface area contributed by atoms with Crippen molar-refractivity contribution in [1.29, 1.82) is 0 Å². The van der Waals surface area contributed by atoms with Gasteiger partial charge in [-0.05, 0) is 50.9 Å². The number of hydrogen-bond acceptors (Lipinski definition) is 4. The van der Waals surface area contributed by atoms with Crippen LogP contribution in [0.3, 0.4) is 0 Å². The van der Waals surface area contributed by atoms with E-state index in [4.69, 9.17) is 0 Å². The first-order chi connectivity index (χ1) is 10.2. The van der Waals surface area contributed by atoms with Gasteiger partial charge in [0.2, 0.25) is 0 Å². The van der Waals surface area contributed by atoms with Crippen molar-refractivity contribution in [3.05, 3.63) is 36.2 Å². The second-order valence-corrected chi connectivity index (χ2v) is 5.61. The van der Waals surface area contributed by atoms with Gasteiger partial charge >= 0.3 is 0 Å². The largest absolute Gasteiger partial charge is 0.348 e. The molecule has 1 aliphatic rings. The molecule has 2 aromatic rings. The van der Waals surface area contributed by atoms with Crippen LogP contribution in [0.1, 0.15) is 30.3 Å². The van der Waals surface area contributed by atoms with Gasteiger partial charge in [-0.15, -0.1) is 24.8 Å². The number of para-hydroxylation sites is 2. The van der Waals surface area contributed by atoms with E-state index < -0.39 is 0 Å². The molecule has 1 aliphatic heterocycles. The summed E-state index contributed by atoms with van der Waals surface area (Å²) in [6.45, 7) is 4.10. The molecule has 1 aromatic heterocycles. The summed E-state index contributed by atoms with van der Waals surface area (Å²) in [5.74, 6) is 0.336. The molecular weight excluding hydrogens is 335 g/mol. The number of amides is 1. The fourth-order valence-corrected chi connectivity index (χ4v) is 2.77. The number of nitrogens with zero attached hydrogens (tertiary/aromatic N) is 2. The maximum atomic E-state index is 12.3. The third-order valence-electron chi connectivity index (χ3n) is 4.08. The molecule has 2 heterocycles. The molecule has 2 atom stereocenters. The lowest BCUT2D eigenvalue weighted by Crippen LogP contribution is -2.44. The summed E-state index contributed by atoms with van der Waals surface area (Å²) in [7, 11) is 0. The highest BCUT2D eigenvalue weighted by Crippen LogP contribution is 2.15. The Kier molecular flexibility index (Phi) is 7.68. The summed E-state index contributed by atoms with van der Waals surface area (Å²) in [4.78, 5) is 21.0. The van der Waals surface area contributed by atoms with Crippen molar-refractivity contribution in [2.24, 2.45) is 5.92 Å². The Morgan fingerprint density at radius 3 is 2.74 bits per heavy atom. The van der Waals surface area contributed by atoms with Crippen molar-refractivity contribution in [1.82, 2.24) is 20.6 Å². The van der Waals surface area contributed by atoms with Gasteiger partial charge in [0.15, 0.2) is 0 Å². The molecule has 2 N–H and O–H groups in total. The molecular formula is C16H22Cl2N4O. The van der Waals surface area contributed by atoms with E-state index in [1.807, 2.05) is 24.3 Å². The Morgan fingerprint density at radius 1 is 1.30 bits per heavy atom. The molecule has 0 aliphatic carbocycles. The van der Waals surface area contributed by atoms with E-state index in [0.717, 1.165) is 30.5 Å². The van der Waals surface area contributed by atoms with Crippen LogP contribution in [-0.2, 0) is 0 Å². The number of fused-ring (bicyclic) bond motifs is 1. The summed E-state index contributed by atoms with van der Waals surface area (Å²) >= 11 is 0. The van der Waals surface area contributed by atoms with Gasteiger partial charge in [0.05, 0.1) is 17.2 Å². The van der Waals surface area contributed by atoms with Crippen molar-refractivity contribution in [3.8, 4) is 0 Å². The molecule has 0 radical (unpaired) electrons. The molecule has 126 valence electrons. The average molecular weight is 357 g/mol. The second-order valence-electron chi connectivity index (χ2n) is 5.61. The fraction of sp³-hybridized carbons (Fsp3) is 0.438. The molecule has 1 saturated heterocycles. The third kappa shape index (κ3) is 4.77. The maximum Gasteiger partial charge on any atom is 0.271 e. The number of halogens is 2. The highest BCUT2D eigenvalue weighted by Gasteiger charge is 2.22. The molecule has 23 heavy (non-hydrogen) atoms. The SMILES string of the molecule is CC(NC(=O)c1cnc2ccccc2n1)C1CCCNC1.Cl.Cl. The first-order valence-electron chi connectivity index (χ1n) is 7.47. The molecule has 7 heteroatoms. The van der Waals surface area contributed by atoms with Crippen molar-refractivity contribution < 1.29 is 4.79 Å². The van der Waals surface area contributed by atoms with E-state index in [9.17, 15) is 4.79 Å². The van der Waals surface area contributed by atoms with Gasteiger partial charge in [0.1, 0.15) is 5.69 Å². The predicted molar refractivity (Wildman–Crippen MR) is 96.6 cm³/mol. The lowest BCUT2D eigenvalue weighted by atomic mass is 9.93. The number of rotatable bonds is 3. The van der Waals surface area contributed by atoms with Crippen LogP contribution in [0, 0.1) is 5.92 Å². The minimum Gasteiger partial charge on any atom is -0.348 e. The van der Waals surface area contributed by atoms with Gasteiger partial charge in [0, 0.05) is 6.04 Å². The second kappa shape index (κ2) is 9.01. The molecule has 3 rings (SSSR count). The molecule has 1 fully saturated rings. The molecule has 1 aromatic carbocycles. The molecule has 5 nitrogen and oxygen atoms in total. The van der Waals surface area contributed by atoms with Gasteiger partial charge in [-0.2, -0.15) is 0 Å². The number of hydrogen-bond donors (Lipinski definition) is 2. The minimum atomic E-state index is -0.147. The zero-order chi connectivity index (χ0) is 14.7. The normalized spacial score (nSPS) is 18.4. The van der Waals surface area contributed by atoms with Crippen molar-refractivity contribution in [2.75, 3.05) is 13.1 Å². The van der Waals surface area contributed by atoms with Crippen molar-refractivity contribution in [2.45, 2.75) is 25.8 Å². The van der Waals surface area contributed by atoms with E-state index in [1.54, 1.807) is 6.20 Å². The van der Waals surface area contributed by atoms with Gasteiger partial charge in [-0.1, -0.05) is 12.1 Å². The Hall–Kier alpha value is -1.43. The van der Waals surface area contributed by atoms with Gasteiger partial charge in [-0.3, -0.25) is 9.78 Å². The first kappa shape index (κ1) is 19.6. The third-order valence-corrected chi connectivity index (χ3v) is 4.08. The zero-order valence-electron chi connectivity index (χ0n) is 13.0. The van der Waals surface area contributed by atoms with Crippen LogP contribution in [0.4, 0.5) is 0 Å².